The topological polar surface area (TPSA) is 41.6 Å². The quantitative estimate of drug-likeness (QED) is 0.802. The summed E-state index contributed by atoms with van der Waals surface area (Å²) >= 11 is 11.9. The first-order valence-corrected chi connectivity index (χ1v) is 9.02. The SMILES string of the molecule is Cc1cc(N2CCCC2)ccc1NC(=O)COc1ccc(Cl)cc1Cl. The number of hydrogen-bond donors (Lipinski definition) is 1. The molecule has 3 rings (SSSR count). The van der Waals surface area contributed by atoms with Crippen LogP contribution >= 0.6 is 23.2 Å². The van der Waals surface area contributed by atoms with Gasteiger partial charge >= 0.3 is 0 Å². The van der Waals surface area contributed by atoms with Crippen molar-refractivity contribution in [3.63, 3.8) is 0 Å². The van der Waals surface area contributed by atoms with Gasteiger partial charge in [-0.05, 0) is 61.7 Å². The Labute approximate surface area is 157 Å². The maximum Gasteiger partial charge on any atom is 0.262 e. The van der Waals surface area contributed by atoms with Crippen LogP contribution in [0.4, 0.5) is 11.4 Å². The van der Waals surface area contributed by atoms with Crippen LogP contribution in [0.2, 0.25) is 10.0 Å². The van der Waals surface area contributed by atoms with Gasteiger partial charge in [-0.25, -0.2) is 0 Å². The van der Waals surface area contributed by atoms with Crippen molar-refractivity contribution in [1.82, 2.24) is 0 Å². The van der Waals surface area contributed by atoms with E-state index >= 15 is 0 Å². The number of nitrogens with zero attached hydrogens (tertiary/aromatic N) is 1. The monoisotopic (exact) mass is 378 g/mol. The van der Waals surface area contributed by atoms with Crippen molar-refractivity contribution < 1.29 is 9.53 Å². The second kappa shape index (κ2) is 7.98. The summed E-state index contributed by atoms with van der Waals surface area (Å²) in [7, 11) is 0. The van der Waals surface area contributed by atoms with E-state index in [1.165, 1.54) is 18.5 Å². The van der Waals surface area contributed by atoms with Gasteiger partial charge in [-0.3, -0.25) is 4.79 Å². The molecule has 0 saturated carbocycles. The van der Waals surface area contributed by atoms with Gasteiger partial charge in [0.15, 0.2) is 6.61 Å². The molecule has 0 radical (unpaired) electrons. The lowest BCUT2D eigenvalue weighted by atomic mass is 10.1. The van der Waals surface area contributed by atoms with Crippen LogP contribution in [0.15, 0.2) is 36.4 Å². The lowest BCUT2D eigenvalue weighted by molar-refractivity contribution is -0.118. The number of benzene rings is 2. The smallest absolute Gasteiger partial charge is 0.262 e. The maximum atomic E-state index is 12.1. The molecule has 1 N–H and O–H groups in total. The summed E-state index contributed by atoms with van der Waals surface area (Å²) in [6, 6.07) is 11.0. The molecule has 1 aliphatic heterocycles. The number of nitrogens with one attached hydrogen (secondary N) is 1. The molecular weight excluding hydrogens is 359 g/mol. The molecule has 6 heteroatoms. The number of amides is 1. The van der Waals surface area contributed by atoms with Crippen LogP contribution < -0.4 is 15.0 Å². The summed E-state index contributed by atoms with van der Waals surface area (Å²) < 4.78 is 5.46. The Morgan fingerprint density at radius 1 is 1.16 bits per heavy atom. The van der Waals surface area contributed by atoms with E-state index in [-0.39, 0.29) is 12.5 Å². The first-order valence-electron chi connectivity index (χ1n) is 8.26. The molecule has 0 atom stereocenters. The summed E-state index contributed by atoms with van der Waals surface area (Å²) in [4.78, 5) is 14.5. The van der Waals surface area contributed by atoms with Crippen molar-refractivity contribution in [2.75, 3.05) is 29.9 Å². The number of anilines is 2. The minimum Gasteiger partial charge on any atom is -0.482 e. The van der Waals surface area contributed by atoms with E-state index in [4.69, 9.17) is 27.9 Å². The van der Waals surface area contributed by atoms with Crippen LogP contribution in [0.3, 0.4) is 0 Å². The fourth-order valence-electron chi connectivity index (χ4n) is 2.88. The Hall–Kier alpha value is -1.91. The van der Waals surface area contributed by atoms with Gasteiger partial charge in [0.1, 0.15) is 5.75 Å². The lowest BCUT2D eigenvalue weighted by Crippen LogP contribution is -2.21. The lowest BCUT2D eigenvalue weighted by Gasteiger charge is -2.19. The molecule has 1 saturated heterocycles. The fraction of sp³-hybridized carbons (Fsp3) is 0.316. The molecule has 2 aromatic carbocycles. The standard InChI is InChI=1S/C19H20Cl2N2O2/c1-13-10-15(23-8-2-3-9-23)5-6-17(13)22-19(24)12-25-18-7-4-14(20)11-16(18)21/h4-7,10-11H,2-3,8-9,12H2,1H3,(H,22,24). The molecular formula is C19H20Cl2N2O2. The highest BCUT2D eigenvalue weighted by atomic mass is 35.5. The van der Waals surface area contributed by atoms with E-state index in [1.807, 2.05) is 19.1 Å². The number of ether oxygens (including phenoxy) is 1. The van der Waals surface area contributed by atoms with Gasteiger partial charge in [-0.15, -0.1) is 0 Å². The van der Waals surface area contributed by atoms with Crippen molar-refractivity contribution in [2.45, 2.75) is 19.8 Å². The third-order valence-corrected chi connectivity index (χ3v) is 4.74. The van der Waals surface area contributed by atoms with E-state index in [0.29, 0.717) is 15.8 Å². The van der Waals surface area contributed by atoms with Crippen LogP contribution in [0.5, 0.6) is 5.75 Å². The molecule has 0 bridgehead atoms. The molecule has 0 aliphatic carbocycles. The van der Waals surface area contributed by atoms with Crippen LogP contribution in [-0.4, -0.2) is 25.6 Å². The number of rotatable bonds is 5. The molecule has 132 valence electrons. The summed E-state index contributed by atoms with van der Waals surface area (Å²) in [5, 5.41) is 3.78. The number of halogens is 2. The van der Waals surface area contributed by atoms with Crippen LogP contribution in [-0.2, 0) is 4.79 Å². The molecule has 1 fully saturated rings. The summed E-state index contributed by atoms with van der Waals surface area (Å²) in [5.74, 6) is 0.199. The highest BCUT2D eigenvalue weighted by Crippen LogP contribution is 2.28. The molecule has 25 heavy (non-hydrogen) atoms. The summed E-state index contributed by atoms with van der Waals surface area (Å²) in [6.07, 6.45) is 2.48. The number of carbonyl (C=O) groups excluding carboxylic acids is 1. The summed E-state index contributed by atoms with van der Waals surface area (Å²) in [6.45, 7) is 4.07. The Morgan fingerprint density at radius 3 is 2.60 bits per heavy atom. The van der Waals surface area contributed by atoms with Crippen LogP contribution in [0.1, 0.15) is 18.4 Å². The van der Waals surface area contributed by atoms with E-state index in [9.17, 15) is 4.79 Å². The number of carbonyl (C=O) groups is 1. The van der Waals surface area contributed by atoms with Gasteiger partial charge in [0.05, 0.1) is 5.02 Å². The average Bonchev–Trinajstić information content (AvgIpc) is 3.10. The predicted molar refractivity (Wildman–Crippen MR) is 103 cm³/mol. The summed E-state index contributed by atoms with van der Waals surface area (Å²) in [5.41, 5.74) is 3.03. The van der Waals surface area contributed by atoms with E-state index in [2.05, 4.69) is 16.3 Å². The van der Waals surface area contributed by atoms with E-state index in [1.54, 1.807) is 18.2 Å². The Kier molecular flexibility index (Phi) is 5.71. The molecule has 0 aromatic heterocycles. The van der Waals surface area contributed by atoms with Gasteiger partial charge in [-0.2, -0.15) is 0 Å². The Bertz CT molecular complexity index is 774. The van der Waals surface area contributed by atoms with E-state index < -0.39 is 0 Å². The zero-order valence-electron chi connectivity index (χ0n) is 14.0. The second-order valence-corrected chi connectivity index (χ2v) is 6.95. The molecule has 1 amide bonds. The van der Waals surface area contributed by atoms with Crippen molar-refractivity contribution in [1.29, 1.82) is 0 Å². The average molecular weight is 379 g/mol. The largest absolute Gasteiger partial charge is 0.482 e. The highest BCUT2D eigenvalue weighted by Gasteiger charge is 2.14. The molecule has 0 unspecified atom stereocenters. The zero-order valence-corrected chi connectivity index (χ0v) is 15.5. The number of hydrogen-bond acceptors (Lipinski definition) is 3. The van der Waals surface area contributed by atoms with Gasteiger partial charge < -0.3 is 15.0 Å². The minimum atomic E-state index is -0.233. The van der Waals surface area contributed by atoms with Crippen molar-refractivity contribution in [3.8, 4) is 5.75 Å². The van der Waals surface area contributed by atoms with Crippen molar-refractivity contribution in [2.24, 2.45) is 0 Å². The predicted octanol–water partition coefficient (Wildman–Crippen LogP) is 4.92. The van der Waals surface area contributed by atoms with E-state index in [0.717, 1.165) is 24.3 Å². The fourth-order valence-corrected chi connectivity index (χ4v) is 3.35. The molecule has 0 spiro atoms. The van der Waals surface area contributed by atoms with Gasteiger partial charge in [0.25, 0.3) is 5.91 Å². The third-order valence-electron chi connectivity index (χ3n) is 4.21. The van der Waals surface area contributed by atoms with Crippen molar-refractivity contribution in [3.05, 3.63) is 52.0 Å². The first kappa shape index (κ1) is 17.9. The molecule has 2 aromatic rings. The number of aryl methyl sites for hydroxylation is 1. The molecule has 1 aliphatic rings. The highest BCUT2D eigenvalue weighted by molar-refractivity contribution is 6.35. The van der Waals surface area contributed by atoms with Crippen LogP contribution in [0, 0.1) is 6.92 Å². The Balaban J connectivity index is 1.58. The molecule has 1 heterocycles. The maximum absolute atomic E-state index is 12.1. The zero-order chi connectivity index (χ0) is 17.8. The third kappa shape index (κ3) is 4.59. The van der Waals surface area contributed by atoms with Gasteiger partial charge in [0, 0.05) is 29.5 Å². The minimum absolute atomic E-state index is 0.116. The first-order chi connectivity index (χ1) is 12.0. The van der Waals surface area contributed by atoms with Gasteiger partial charge in [-0.1, -0.05) is 23.2 Å². The Morgan fingerprint density at radius 2 is 1.92 bits per heavy atom. The normalized spacial score (nSPS) is 13.8. The van der Waals surface area contributed by atoms with Crippen molar-refractivity contribution >= 4 is 40.5 Å². The van der Waals surface area contributed by atoms with Crippen LogP contribution in [0.25, 0.3) is 0 Å². The van der Waals surface area contributed by atoms with Gasteiger partial charge in [0.2, 0.25) is 0 Å². The second-order valence-electron chi connectivity index (χ2n) is 6.10. The molecule has 4 nitrogen and oxygen atoms in total.